The molecule has 0 saturated carbocycles. The molecule has 0 fully saturated rings. The van der Waals surface area contributed by atoms with Crippen LogP contribution in [0.4, 0.5) is 46.5 Å². The zero-order valence-electron chi connectivity index (χ0n) is 21.7. The Kier molecular flexibility index (Phi) is 14.0. The second-order valence-corrected chi connectivity index (χ2v) is 10.3. The van der Waals surface area contributed by atoms with Gasteiger partial charge in [0, 0.05) is 21.0 Å². The number of anilines is 2. The van der Waals surface area contributed by atoms with Gasteiger partial charge in [0.15, 0.2) is 11.6 Å². The van der Waals surface area contributed by atoms with Crippen LogP contribution in [0.5, 0.6) is 0 Å². The van der Waals surface area contributed by atoms with Crippen molar-refractivity contribution in [2.24, 2.45) is 0 Å². The SMILES string of the molecule is CC(C)Nc1cc(Br)cc(F)c1N.CC(C)n1c(C(F)F)nc2c(F)cc(Br)cc21.O=C(OC(=O)C(F)F)C(F)F. The average molecular weight is 728 g/mol. The lowest BCUT2D eigenvalue weighted by molar-refractivity contribution is -0.174. The van der Waals surface area contributed by atoms with E-state index in [-0.39, 0.29) is 23.3 Å². The predicted molar refractivity (Wildman–Crippen MR) is 143 cm³/mol. The van der Waals surface area contributed by atoms with E-state index in [0.717, 1.165) is 0 Å². The Hall–Kier alpha value is -2.95. The Balaban J connectivity index is 0.000000317. The summed E-state index contributed by atoms with van der Waals surface area (Å²) < 4.78 is 103. The van der Waals surface area contributed by atoms with Crippen LogP contribution in [0.2, 0.25) is 0 Å². The number of carbonyl (C=O) groups is 2. The fourth-order valence-corrected chi connectivity index (χ4v) is 3.89. The first kappa shape index (κ1) is 36.1. The molecule has 0 spiro atoms. The molecule has 0 saturated heterocycles. The summed E-state index contributed by atoms with van der Waals surface area (Å²) in [6.07, 6.45) is -9.86. The molecule has 0 aliphatic heterocycles. The first-order valence-corrected chi connectivity index (χ1v) is 12.9. The highest BCUT2D eigenvalue weighted by Crippen LogP contribution is 2.31. The first-order chi connectivity index (χ1) is 18.9. The number of nitrogens with one attached hydrogen (secondary N) is 1. The molecule has 3 rings (SSSR count). The number of nitrogens with two attached hydrogens (primary N) is 1. The molecule has 0 aliphatic carbocycles. The van der Waals surface area contributed by atoms with Crippen LogP contribution in [0, 0.1) is 11.6 Å². The Morgan fingerprint density at radius 1 is 0.878 bits per heavy atom. The van der Waals surface area contributed by atoms with Crippen molar-refractivity contribution in [3.8, 4) is 0 Å². The Morgan fingerprint density at radius 3 is 1.80 bits per heavy atom. The van der Waals surface area contributed by atoms with E-state index in [9.17, 15) is 44.7 Å². The molecule has 0 bridgehead atoms. The number of carbonyl (C=O) groups excluding carboxylic acids is 2. The molecule has 3 N–H and O–H groups in total. The highest BCUT2D eigenvalue weighted by atomic mass is 79.9. The fraction of sp³-hybridized carbons (Fsp3) is 0.375. The van der Waals surface area contributed by atoms with Crippen molar-refractivity contribution in [2.75, 3.05) is 11.1 Å². The van der Waals surface area contributed by atoms with E-state index in [0.29, 0.717) is 20.1 Å². The van der Waals surface area contributed by atoms with E-state index in [2.05, 4.69) is 46.9 Å². The number of nitrogens with zero attached hydrogens (tertiary/aromatic N) is 2. The summed E-state index contributed by atoms with van der Waals surface area (Å²) in [6, 6.07) is 5.94. The molecule has 1 heterocycles. The molecule has 3 aromatic rings. The van der Waals surface area contributed by atoms with Gasteiger partial charge >= 0.3 is 24.8 Å². The summed E-state index contributed by atoms with van der Waals surface area (Å²) in [7, 11) is 0. The van der Waals surface area contributed by atoms with E-state index in [1.165, 1.54) is 16.7 Å². The molecular weight excluding hydrogens is 704 g/mol. The molecule has 1 aromatic heterocycles. The van der Waals surface area contributed by atoms with Gasteiger partial charge in [-0.05, 0) is 52.0 Å². The van der Waals surface area contributed by atoms with Crippen LogP contribution >= 0.6 is 31.9 Å². The van der Waals surface area contributed by atoms with Crippen LogP contribution in [-0.4, -0.2) is 40.4 Å². The van der Waals surface area contributed by atoms with Gasteiger partial charge in [0.25, 0.3) is 6.43 Å². The van der Waals surface area contributed by atoms with Gasteiger partial charge in [0.05, 0.1) is 16.9 Å². The van der Waals surface area contributed by atoms with Crippen LogP contribution in [0.15, 0.2) is 33.2 Å². The van der Waals surface area contributed by atoms with Gasteiger partial charge in [0.2, 0.25) is 0 Å². The van der Waals surface area contributed by atoms with Crippen LogP contribution in [0.25, 0.3) is 11.0 Å². The van der Waals surface area contributed by atoms with Crippen LogP contribution in [-0.2, 0) is 14.3 Å². The number of aromatic nitrogens is 2. The molecule has 41 heavy (non-hydrogen) atoms. The number of alkyl halides is 6. The summed E-state index contributed by atoms with van der Waals surface area (Å²) in [6.45, 7) is 7.45. The van der Waals surface area contributed by atoms with Gasteiger partial charge in [-0.15, -0.1) is 0 Å². The van der Waals surface area contributed by atoms with Crippen LogP contribution in [0.1, 0.15) is 46.0 Å². The third-order valence-corrected chi connectivity index (χ3v) is 5.46. The highest BCUT2D eigenvalue weighted by Gasteiger charge is 2.26. The van der Waals surface area contributed by atoms with E-state index >= 15 is 0 Å². The number of fused-ring (bicyclic) bond motifs is 1. The normalized spacial score (nSPS) is 11.1. The minimum atomic E-state index is -3.57. The highest BCUT2D eigenvalue weighted by molar-refractivity contribution is 9.10. The number of halogens is 10. The fourth-order valence-electron chi connectivity index (χ4n) is 3.04. The topological polar surface area (TPSA) is 99.2 Å². The maximum atomic E-state index is 13.6. The molecule has 17 heteroatoms. The zero-order valence-corrected chi connectivity index (χ0v) is 24.8. The summed E-state index contributed by atoms with van der Waals surface area (Å²) in [5.41, 5.74) is 6.69. The molecule has 228 valence electrons. The zero-order chi connectivity index (χ0) is 31.8. The first-order valence-electron chi connectivity index (χ1n) is 11.3. The number of esters is 2. The molecule has 0 aliphatic rings. The summed E-state index contributed by atoms with van der Waals surface area (Å²) >= 11 is 6.35. The summed E-state index contributed by atoms with van der Waals surface area (Å²) in [5, 5.41) is 3.06. The Bertz CT molecular complexity index is 1340. The molecule has 0 amide bonds. The van der Waals surface area contributed by atoms with Gasteiger partial charge in [-0.2, -0.15) is 17.6 Å². The van der Waals surface area contributed by atoms with Crippen LogP contribution in [0.3, 0.4) is 0 Å². The van der Waals surface area contributed by atoms with Gasteiger partial charge in [-0.25, -0.2) is 32.1 Å². The number of benzene rings is 2. The molecule has 2 aromatic carbocycles. The van der Waals surface area contributed by atoms with Crippen LogP contribution < -0.4 is 11.1 Å². The third kappa shape index (κ3) is 10.8. The standard InChI is InChI=1S/C11H10BrF3N2.C9H12BrFN2.C4H2F4O3/c1-5(2)17-8-4-6(12)3-7(13)9(8)16-11(17)10(14)15;1-5(2)13-8-4-6(10)3-7(11)9(8)12;5-1(6)3(9)11-4(10)2(7)8/h3-5,10H,1-2H3;3-5,13H,12H2,1-2H3;1-2H. The number of nitrogen functional groups attached to an aromatic ring is 1. The second-order valence-electron chi connectivity index (χ2n) is 8.48. The third-order valence-electron chi connectivity index (χ3n) is 4.55. The number of hydrogen-bond acceptors (Lipinski definition) is 6. The quantitative estimate of drug-likeness (QED) is 0.116. The number of hydrogen-bond donors (Lipinski definition) is 2. The lowest BCUT2D eigenvalue weighted by Crippen LogP contribution is -2.23. The number of ether oxygens (including phenoxy) is 1. The predicted octanol–water partition coefficient (Wildman–Crippen LogP) is 8.03. The van der Waals surface area contributed by atoms with Gasteiger partial charge in [-0.1, -0.05) is 31.9 Å². The molecule has 0 atom stereocenters. The summed E-state index contributed by atoms with van der Waals surface area (Å²) in [4.78, 5) is 23.2. The minimum absolute atomic E-state index is 0.0165. The van der Waals surface area contributed by atoms with E-state index in [1.807, 2.05) is 13.8 Å². The largest absolute Gasteiger partial charge is 0.395 e. The molecule has 0 unspecified atom stereocenters. The van der Waals surface area contributed by atoms with Crippen molar-refractivity contribution in [1.29, 1.82) is 0 Å². The van der Waals surface area contributed by atoms with Crippen molar-refractivity contribution < 1.29 is 49.4 Å². The second kappa shape index (κ2) is 15.9. The van der Waals surface area contributed by atoms with Gasteiger partial charge in [0.1, 0.15) is 11.3 Å². The lowest BCUT2D eigenvalue weighted by Gasteiger charge is -2.13. The van der Waals surface area contributed by atoms with Crippen molar-refractivity contribution in [3.05, 3.63) is 50.7 Å². The molecule has 0 radical (unpaired) electrons. The Morgan fingerprint density at radius 2 is 1.37 bits per heavy atom. The molecular formula is C24H24Br2F8N4O3. The van der Waals surface area contributed by atoms with Crippen molar-refractivity contribution >= 4 is 66.2 Å². The molecule has 7 nitrogen and oxygen atoms in total. The number of imidazole rings is 1. The van der Waals surface area contributed by atoms with Crippen molar-refractivity contribution in [1.82, 2.24) is 9.55 Å². The van der Waals surface area contributed by atoms with Gasteiger partial charge in [-0.3, -0.25) is 0 Å². The summed E-state index contributed by atoms with van der Waals surface area (Å²) in [5.74, 6) is -5.94. The van der Waals surface area contributed by atoms with Gasteiger partial charge < -0.3 is 20.4 Å². The van der Waals surface area contributed by atoms with E-state index in [4.69, 9.17) is 5.73 Å². The maximum absolute atomic E-state index is 13.6. The minimum Gasteiger partial charge on any atom is -0.395 e. The van der Waals surface area contributed by atoms with E-state index < -0.39 is 48.7 Å². The Labute approximate surface area is 245 Å². The lowest BCUT2D eigenvalue weighted by atomic mass is 10.2. The smallest absolute Gasteiger partial charge is 0.381 e. The number of rotatable bonds is 6. The average Bonchev–Trinajstić information content (AvgIpc) is 3.23. The monoisotopic (exact) mass is 726 g/mol. The van der Waals surface area contributed by atoms with E-state index in [1.54, 1.807) is 26.0 Å². The van der Waals surface area contributed by atoms with Crippen molar-refractivity contribution in [2.45, 2.75) is 59.1 Å². The van der Waals surface area contributed by atoms with Crippen molar-refractivity contribution in [3.63, 3.8) is 0 Å². The maximum Gasteiger partial charge on any atom is 0.381 e.